The molecule has 130 valence electrons. The van der Waals surface area contributed by atoms with Crippen molar-refractivity contribution in [3.63, 3.8) is 0 Å². The van der Waals surface area contributed by atoms with Crippen LogP contribution in [0.25, 0.3) is 0 Å². The number of aromatic nitrogens is 2. The van der Waals surface area contributed by atoms with Crippen molar-refractivity contribution in [1.82, 2.24) is 15.0 Å². The number of benzene rings is 1. The smallest absolute Gasteiger partial charge is 0.240 e. The highest BCUT2D eigenvalue weighted by molar-refractivity contribution is 5.28. The van der Waals surface area contributed by atoms with Crippen molar-refractivity contribution in [3.05, 3.63) is 41.5 Å². The van der Waals surface area contributed by atoms with Gasteiger partial charge in [0, 0.05) is 25.4 Å². The van der Waals surface area contributed by atoms with E-state index in [1.165, 1.54) is 5.56 Å². The van der Waals surface area contributed by atoms with Gasteiger partial charge in [-0.25, -0.2) is 0 Å². The molecule has 1 aromatic carbocycles. The monoisotopic (exact) mass is 331 g/mol. The molecule has 0 bridgehead atoms. The van der Waals surface area contributed by atoms with E-state index in [2.05, 4.69) is 41.0 Å². The molecule has 24 heavy (non-hydrogen) atoms. The predicted octanol–water partition coefficient (Wildman–Crippen LogP) is 2.65. The van der Waals surface area contributed by atoms with Crippen LogP contribution in [0.1, 0.15) is 37.0 Å². The molecule has 0 saturated carbocycles. The first-order valence-electron chi connectivity index (χ1n) is 8.43. The highest BCUT2D eigenvalue weighted by Crippen LogP contribution is 2.18. The minimum Gasteiger partial charge on any atom is -0.497 e. The van der Waals surface area contributed by atoms with Crippen molar-refractivity contribution in [2.24, 2.45) is 0 Å². The van der Waals surface area contributed by atoms with Crippen molar-refractivity contribution in [2.75, 3.05) is 26.8 Å². The summed E-state index contributed by atoms with van der Waals surface area (Å²) in [6, 6.07) is 8.15. The maximum atomic E-state index is 5.92. The molecule has 1 fully saturated rings. The fraction of sp³-hybridized carbons (Fsp3) is 0.556. The molecule has 1 atom stereocenters. The summed E-state index contributed by atoms with van der Waals surface area (Å²) in [5.41, 5.74) is 1.22. The van der Waals surface area contributed by atoms with Crippen LogP contribution in [0, 0.1) is 0 Å². The molecule has 1 aromatic heterocycles. The normalized spacial score (nSPS) is 18.9. The van der Waals surface area contributed by atoms with E-state index in [4.69, 9.17) is 14.0 Å². The molecule has 0 unspecified atom stereocenters. The quantitative estimate of drug-likeness (QED) is 0.811. The number of hydrogen-bond acceptors (Lipinski definition) is 6. The number of methoxy groups -OCH3 is 1. The molecule has 0 radical (unpaired) electrons. The van der Waals surface area contributed by atoms with Crippen LogP contribution < -0.4 is 4.74 Å². The molecular formula is C18H25N3O3. The second kappa shape index (κ2) is 7.77. The highest BCUT2D eigenvalue weighted by atomic mass is 16.5. The van der Waals surface area contributed by atoms with Gasteiger partial charge in [-0.2, -0.15) is 4.98 Å². The van der Waals surface area contributed by atoms with Crippen LogP contribution >= 0.6 is 0 Å². The summed E-state index contributed by atoms with van der Waals surface area (Å²) >= 11 is 0. The largest absolute Gasteiger partial charge is 0.497 e. The van der Waals surface area contributed by atoms with Crippen LogP contribution in [0.4, 0.5) is 0 Å². The molecule has 0 aliphatic carbocycles. The first-order chi connectivity index (χ1) is 11.6. The van der Waals surface area contributed by atoms with Crippen LogP contribution in [-0.2, 0) is 17.7 Å². The lowest BCUT2D eigenvalue weighted by atomic mass is 10.1. The molecule has 6 heteroatoms. The van der Waals surface area contributed by atoms with E-state index in [1.807, 2.05) is 12.1 Å². The zero-order valence-corrected chi connectivity index (χ0v) is 14.6. The lowest BCUT2D eigenvalue weighted by Crippen LogP contribution is -2.42. The van der Waals surface area contributed by atoms with E-state index in [0.717, 1.165) is 37.7 Å². The number of rotatable bonds is 6. The molecule has 2 aromatic rings. The minimum atomic E-state index is 0.165. The summed E-state index contributed by atoms with van der Waals surface area (Å²) < 4.78 is 16.6. The summed E-state index contributed by atoms with van der Waals surface area (Å²) in [7, 11) is 1.69. The average Bonchev–Trinajstić information content (AvgIpc) is 3.04. The predicted molar refractivity (Wildman–Crippen MR) is 90.1 cm³/mol. The third-order valence-electron chi connectivity index (χ3n) is 4.18. The third-order valence-corrected chi connectivity index (χ3v) is 4.18. The van der Waals surface area contributed by atoms with Gasteiger partial charge in [0.2, 0.25) is 5.89 Å². The Bertz CT molecular complexity index is 656. The van der Waals surface area contributed by atoms with E-state index in [1.54, 1.807) is 7.11 Å². The molecule has 3 rings (SSSR count). The highest BCUT2D eigenvalue weighted by Gasteiger charge is 2.23. The van der Waals surface area contributed by atoms with Gasteiger partial charge in [0.25, 0.3) is 0 Å². The molecule has 1 aliphatic rings. The third kappa shape index (κ3) is 4.33. The Morgan fingerprint density at radius 1 is 1.38 bits per heavy atom. The number of hydrogen-bond donors (Lipinski definition) is 0. The van der Waals surface area contributed by atoms with E-state index < -0.39 is 0 Å². The first kappa shape index (κ1) is 16.9. The fourth-order valence-corrected chi connectivity index (χ4v) is 2.87. The average molecular weight is 331 g/mol. The van der Waals surface area contributed by atoms with Crippen molar-refractivity contribution < 1.29 is 14.0 Å². The van der Waals surface area contributed by atoms with Crippen LogP contribution in [0.15, 0.2) is 28.8 Å². The molecule has 0 spiro atoms. The van der Waals surface area contributed by atoms with Crippen LogP contribution in [0.2, 0.25) is 0 Å². The zero-order chi connectivity index (χ0) is 16.9. The number of ether oxygens (including phenoxy) is 2. The molecule has 0 N–H and O–H groups in total. The van der Waals surface area contributed by atoms with Gasteiger partial charge in [-0.15, -0.1) is 0 Å². The maximum absolute atomic E-state index is 5.92. The van der Waals surface area contributed by atoms with Crippen LogP contribution in [-0.4, -0.2) is 48.0 Å². The zero-order valence-electron chi connectivity index (χ0n) is 14.6. The van der Waals surface area contributed by atoms with Crippen LogP contribution in [0.5, 0.6) is 5.75 Å². The number of morpholine rings is 1. The maximum Gasteiger partial charge on any atom is 0.240 e. The minimum absolute atomic E-state index is 0.165. The van der Waals surface area contributed by atoms with Gasteiger partial charge >= 0.3 is 0 Å². The van der Waals surface area contributed by atoms with Gasteiger partial charge in [-0.1, -0.05) is 31.1 Å². The Kier molecular flexibility index (Phi) is 5.48. The Labute approximate surface area is 142 Å². The van der Waals surface area contributed by atoms with Gasteiger partial charge < -0.3 is 14.0 Å². The molecule has 6 nitrogen and oxygen atoms in total. The van der Waals surface area contributed by atoms with Gasteiger partial charge in [-0.05, 0) is 17.7 Å². The molecule has 1 saturated heterocycles. The summed E-state index contributed by atoms with van der Waals surface area (Å²) in [6.45, 7) is 7.27. The van der Waals surface area contributed by atoms with Crippen molar-refractivity contribution in [3.8, 4) is 5.75 Å². The Hall–Kier alpha value is -1.92. The SMILES string of the molecule is COc1cccc(C[C@@H]2CN(Cc3nc(C(C)C)no3)CCO2)c1. The van der Waals surface area contributed by atoms with Gasteiger partial charge in [0.15, 0.2) is 5.82 Å². The molecular weight excluding hydrogens is 306 g/mol. The second-order valence-corrected chi connectivity index (χ2v) is 6.48. The Morgan fingerprint density at radius 2 is 2.25 bits per heavy atom. The molecule has 1 aliphatic heterocycles. The Morgan fingerprint density at radius 3 is 3.00 bits per heavy atom. The van der Waals surface area contributed by atoms with Crippen molar-refractivity contribution in [2.45, 2.75) is 38.8 Å². The van der Waals surface area contributed by atoms with E-state index >= 15 is 0 Å². The van der Waals surface area contributed by atoms with Gasteiger partial charge in [-0.3, -0.25) is 4.90 Å². The topological polar surface area (TPSA) is 60.6 Å². The molecule has 2 heterocycles. The summed E-state index contributed by atoms with van der Waals surface area (Å²) in [6.07, 6.45) is 1.03. The van der Waals surface area contributed by atoms with Crippen LogP contribution in [0.3, 0.4) is 0 Å². The first-order valence-corrected chi connectivity index (χ1v) is 8.43. The van der Waals surface area contributed by atoms with Crippen molar-refractivity contribution >= 4 is 0 Å². The standard InChI is InChI=1S/C18H25N3O3/c1-13(2)18-19-17(24-20-18)12-21-7-8-23-16(11-21)10-14-5-4-6-15(9-14)22-3/h4-6,9,13,16H,7-8,10-12H2,1-3H3/t16-/m1/s1. The second-order valence-electron chi connectivity index (χ2n) is 6.48. The van der Waals surface area contributed by atoms with Crippen molar-refractivity contribution in [1.29, 1.82) is 0 Å². The van der Waals surface area contributed by atoms with E-state index in [9.17, 15) is 0 Å². The van der Waals surface area contributed by atoms with Gasteiger partial charge in [0.1, 0.15) is 5.75 Å². The summed E-state index contributed by atoms with van der Waals surface area (Å²) in [5, 5.41) is 4.03. The Balaban J connectivity index is 1.57. The lowest BCUT2D eigenvalue weighted by Gasteiger charge is -2.32. The van der Waals surface area contributed by atoms with E-state index in [-0.39, 0.29) is 12.0 Å². The lowest BCUT2D eigenvalue weighted by molar-refractivity contribution is -0.0331. The number of nitrogens with zero attached hydrogens (tertiary/aromatic N) is 3. The summed E-state index contributed by atoms with van der Waals surface area (Å²) in [5.74, 6) is 2.62. The van der Waals surface area contributed by atoms with Gasteiger partial charge in [0.05, 0.1) is 26.4 Å². The summed E-state index contributed by atoms with van der Waals surface area (Å²) in [4.78, 5) is 6.77. The fourth-order valence-electron chi connectivity index (χ4n) is 2.87. The molecule has 0 amide bonds. The van der Waals surface area contributed by atoms with E-state index in [0.29, 0.717) is 12.4 Å².